The topological polar surface area (TPSA) is 46.5 Å². The molecule has 0 heterocycles. The lowest BCUT2D eigenvalue weighted by Gasteiger charge is -2.09. The second kappa shape index (κ2) is 8.34. The monoisotopic (exact) mass is 346 g/mol. The normalized spacial score (nSPS) is 10.5. The molecular weight excluding hydrogens is 324 g/mol. The van der Waals surface area contributed by atoms with E-state index in [-0.39, 0.29) is 0 Å². The third kappa shape index (κ3) is 4.73. The molecule has 0 fully saturated rings. The van der Waals surface area contributed by atoms with E-state index in [4.69, 9.17) is 9.84 Å². The van der Waals surface area contributed by atoms with Crippen LogP contribution in [0.3, 0.4) is 0 Å². The smallest absolute Gasteiger partial charge is 0.335 e. The Labute approximate surface area is 153 Å². The SMILES string of the molecule is Cc1ccccc1COc1ccc(CCc2cccc(C(=O)O)c2)cc1. The van der Waals surface area contributed by atoms with E-state index >= 15 is 0 Å². The first-order chi connectivity index (χ1) is 12.6. The molecule has 3 aromatic rings. The summed E-state index contributed by atoms with van der Waals surface area (Å²) in [5.74, 6) is -0.0353. The first kappa shape index (κ1) is 17.7. The van der Waals surface area contributed by atoms with Gasteiger partial charge in [-0.3, -0.25) is 0 Å². The number of hydrogen-bond donors (Lipinski definition) is 1. The zero-order valence-corrected chi connectivity index (χ0v) is 14.8. The molecule has 1 N–H and O–H groups in total. The Bertz CT molecular complexity index is 882. The minimum absolute atomic E-state index is 0.336. The van der Waals surface area contributed by atoms with Crippen LogP contribution in [0.2, 0.25) is 0 Å². The molecule has 0 saturated carbocycles. The molecule has 132 valence electrons. The Hall–Kier alpha value is -3.07. The third-order valence-electron chi connectivity index (χ3n) is 4.46. The number of hydrogen-bond acceptors (Lipinski definition) is 2. The van der Waals surface area contributed by atoms with Crippen molar-refractivity contribution >= 4 is 5.97 Å². The molecule has 0 unspecified atom stereocenters. The van der Waals surface area contributed by atoms with Crippen LogP contribution in [0, 0.1) is 6.92 Å². The Morgan fingerprint density at radius 3 is 2.35 bits per heavy atom. The standard InChI is InChI=1S/C23H22O3/c1-17-5-2-3-7-21(17)16-26-22-13-11-18(12-14-22)9-10-19-6-4-8-20(15-19)23(24)25/h2-8,11-15H,9-10,16H2,1H3,(H,24,25). The average molecular weight is 346 g/mol. The lowest BCUT2D eigenvalue weighted by atomic mass is 10.0. The third-order valence-corrected chi connectivity index (χ3v) is 4.46. The predicted molar refractivity (Wildman–Crippen MR) is 103 cm³/mol. The van der Waals surface area contributed by atoms with Crippen LogP contribution in [0.4, 0.5) is 0 Å². The van der Waals surface area contributed by atoms with Gasteiger partial charge in [0.25, 0.3) is 0 Å². The number of carboxylic acid groups (broad SMARTS) is 1. The van der Waals surface area contributed by atoms with Crippen LogP contribution in [-0.2, 0) is 19.4 Å². The van der Waals surface area contributed by atoms with Gasteiger partial charge in [0.15, 0.2) is 0 Å². The van der Waals surface area contributed by atoms with Gasteiger partial charge in [0.2, 0.25) is 0 Å². The van der Waals surface area contributed by atoms with Crippen LogP contribution >= 0.6 is 0 Å². The van der Waals surface area contributed by atoms with Crippen LogP contribution in [0.25, 0.3) is 0 Å². The molecule has 0 radical (unpaired) electrons. The van der Waals surface area contributed by atoms with Crippen LogP contribution in [0.5, 0.6) is 5.75 Å². The van der Waals surface area contributed by atoms with Gasteiger partial charge in [-0.15, -0.1) is 0 Å². The highest BCUT2D eigenvalue weighted by Gasteiger charge is 2.04. The highest BCUT2D eigenvalue weighted by Crippen LogP contribution is 2.17. The molecular formula is C23H22O3. The van der Waals surface area contributed by atoms with E-state index in [0.717, 1.165) is 24.2 Å². The summed E-state index contributed by atoms with van der Waals surface area (Å²) in [6.07, 6.45) is 1.67. The first-order valence-corrected chi connectivity index (χ1v) is 8.70. The fourth-order valence-electron chi connectivity index (χ4n) is 2.83. The van der Waals surface area contributed by atoms with Crippen molar-refractivity contribution in [2.24, 2.45) is 0 Å². The van der Waals surface area contributed by atoms with Crippen molar-refractivity contribution in [2.45, 2.75) is 26.4 Å². The molecule has 3 aromatic carbocycles. The van der Waals surface area contributed by atoms with Gasteiger partial charge in [-0.2, -0.15) is 0 Å². The van der Waals surface area contributed by atoms with E-state index < -0.39 is 5.97 Å². The van der Waals surface area contributed by atoms with E-state index in [1.807, 2.05) is 30.3 Å². The van der Waals surface area contributed by atoms with Crippen LogP contribution < -0.4 is 4.74 Å². The van der Waals surface area contributed by atoms with E-state index in [1.165, 1.54) is 16.7 Å². The van der Waals surface area contributed by atoms with Crippen molar-refractivity contribution in [3.05, 3.63) is 101 Å². The quantitative estimate of drug-likeness (QED) is 0.650. The van der Waals surface area contributed by atoms with Gasteiger partial charge in [-0.05, 0) is 66.3 Å². The lowest BCUT2D eigenvalue weighted by Crippen LogP contribution is -1.99. The van der Waals surface area contributed by atoms with Gasteiger partial charge in [0, 0.05) is 0 Å². The molecule has 0 saturated heterocycles. The minimum Gasteiger partial charge on any atom is -0.489 e. The van der Waals surface area contributed by atoms with Gasteiger partial charge in [0.1, 0.15) is 12.4 Å². The summed E-state index contributed by atoms with van der Waals surface area (Å²) in [5, 5.41) is 9.06. The van der Waals surface area contributed by atoms with Gasteiger partial charge in [0.05, 0.1) is 5.56 Å². The molecule has 3 rings (SSSR count). The summed E-state index contributed by atoms with van der Waals surface area (Å²) in [7, 11) is 0. The summed E-state index contributed by atoms with van der Waals surface area (Å²) < 4.78 is 5.87. The number of aryl methyl sites for hydroxylation is 3. The number of ether oxygens (including phenoxy) is 1. The maximum Gasteiger partial charge on any atom is 0.335 e. The lowest BCUT2D eigenvalue weighted by molar-refractivity contribution is 0.0696. The summed E-state index contributed by atoms with van der Waals surface area (Å²) >= 11 is 0. The Morgan fingerprint density at radius 2 is 1.62 bits per heavy atom. The van der Waals surface area contributed by atoms with Gasteiger partial charge in [-0.25, -0.2) is 4.79 Å². The van der Waals surface area contributed by atoms with Crippen molar-refractivity contribution in [3.8, 4) is 5.75 Å². The summed E-state index contributed by atoms with van der Waals surface area (Å²) in [6.45, 7) is 2.65. The Balaban J connectivity index is 1.55. The van der Waals surface area contributed by atoms with E-state index in [1.54, 1.807) is 18.2 Å². The molecule has 26 heavy (non-hydrogen) atoms. The highest BCUT2D eigenvalue weighted by atomic mass is 16.5. The van der Waals surface area contributed by atoms with Crippen molar-refractivity contribution in [1.82, 2.24) is 0 Å². The van der Waals surface area contributed by atoms with Crippen molar-refractivity contribution in [3.63, 3.8) is 0 Å². The molecule has 0 atom stereocenters. The molecule has 0 aliphatic carbocycles. The second-order valence-corrected chi connectivity index (χ2v) is 6.36. The van der Waals surface area contributed by atoms with E-state index in [0.29, 0.717) is 12.2 Å². The highest BCUT2D eigenvalue weighted by molar-refractivity contribution is 5.87. The number of benzene rings is 3. The predicted octanol–water partition coefficient (Wildman–Crippen LogP) is 5.06. The van der Waals surface area contributed by atoms with Crippen molar-refractivity contribution < 1.29 is 14.6 Å². The zero-order chi connectivity index (χ0) is 18.4. The number of rotatable bonds is 7. The largest absolute Gasteiger partial charge is 0.489 e. The van der Waals surface area contributed by atoms with Gasteiger partial charge >= 0.3 is 5.97 Å². The number of aromatic carboxylic acids is 1. The molecule has 0 amide bonds. The van der Waals surface area contributed by atoms with Crippen LogP contribution in [-0.4, -0.2) is 11.1 Å². The average Bonchev–Trinajstić information content (AvgIpc) is 2.67. The maximum atomic E-state index is 11.0. The van der Waals surface area contributed by atoms with Gasteiger partial charge < -0.3 is 9.84 Å². The Morgan fingerprint density at radius 1 is 0.885 bits per heavy atom. The molecule has 0 aliphatic rings. The number of carbonyl (C=O) groups is 1. The van der Waals surface area contributed by atoms with E-state index in [2.05, 4.69) is 31.2 Å². The fraction of sp³-hybridized carbons (Fsp3) is 0.174. The van der Waals surface area contributed by atoms with Crippen molar-refractivity contribution in [2.75, 3.05) is 0 Å². The molecule has 3 nitrogen and oxygen atoms in total. The molecule has 0 aliphatic heterocycles. The molecule has 0 aromatic heterocycles. The second-order valence-electron chi connectivity index (χ2n) is 6.36. The van der Waals surface area contributed by atoms with Crippen LogP contribution in [0.1, 0.15) is 32.6 Å². The van der Waals surface area contributed by atoms with Crippen LogP contribution in [0.15, 0.2) is 72.8 Å². The summed E-state index contributed by atoms with van der Waals surface area (Å²) in [4.78, 5) is 11.0. The number of carboxylic acids is 1. The molecule has 0 bridgehead atoms. The Kier molecular flexibility index (Phi) is 5.69. The summed E-state index contributed by atoms with van der Waals surface area (Å²) in [5.41, 5.74) is 4.99. The zero-order valence-electron chi connectivity index (χ0n) is 14.8. The van der Waals surface area contributed by atoms with Crippen molar-refractivity contribution in [1.29, 1.82) is 0 Å². The summed E-state index contributed by atoms with van der Waals surface area (Å²) in [6, 6.07) is 23.4. The molecule has 3 heteroatoms. The molecule has 0 spiro atoms. The first-order valence-electron chi connectivity index (χ1n) is 8.70. The minimum atomic E-state index is -0.887. The maximum absolute atomic E-state index is 11.0. The fourth-order valence-corrected chi connectivity index (χ4v) is 2.83. The van der Waals surface area contributed by atoms with E-state index in [9.17, 15) is 4.79 Å². The van der Waals surface area contributed by atoms with Gasteiger partial charge in [-0.1, -0.05) is 48.5 Å².